The number of thiophene rings is 1. The number of anilines is 1. The summed E-state index contributed by atoms with van der Waals surface area (Å²) in [7, 11) is 3.26. The van der Waals surface area contributed by atoms with Gasteiger partial charge in [-0.1, -0.05) is 18.2 Å². The Morgan fingerprint density at radius 3 is 2.65 bits per heavy atom. The van der Waals surface area contributed by atoms with Crippen LogP contribution in [0.4, 0.5) is 5.69 Å². The quantitative estimate of drug-likeness (QED) is 0.885. The molecular weight excluding hydrogens is 312 g/mol. The number of rotatable bonds is 6. The molecule has 2 rings (SSSR count). The number of para-hydroxylation sites is 1. The number of benzene rings is 1. The Morgan fingerprint density at radius 1 is 1.26 bits per heavy atom. The molecule has 122 valence electrons. The number of nitrogens with zero attached hydrogens (tertiary/aromatic N) is 1. The lowest BCUT2D eigenvalue weighted by Crippen LogP contribution is -2.37. The first-order valence-electron chi connectivity index (χ1n) is 7.25. The summed E-state index contributed by atoms with van der Waals surface area (Å²) in [6.45, 7) is 2.29. The Morgan fingerprint density at radius 2 is 2.00 bits per heavy atom. The van der Waals surface area contributed by atoms with Crippen LogP contribution in [0.3, 0.4) is 0 Å². The van der Waals surface area contributed by atoms with E-state index in [0.717, 1.165) is 0 Å². The van der Waals surface area contributed by atoms with E-state index in [1.807, 2.05) is 24.4 Å². The highest BCUT2D eigenvalue weighted by molar-refractivity contribution is 7.12. The number of ether oxygens (including phenoxy) is 1. The summed E-state index contributed by atoms with van der Waals surface area (Å²) in [5.41, 5.74) is 1.04. The minimum atomic E-state index is -0.226. The highest BCUT2D eigenvalue weighted by Crippen LogP contribution is 2.22. The maximum absolute atomic E-state index is 12.5. The highest BCUT2D eigenvalue weighted by Gasteiger charge is 2.20. The second-order valence-electron chi connectivity index (χ2n) is 5.19. The number of hydrogen-bond acceptors (Lipinski definition) is 4. The van der Waals surface area contributed by atoms with Crippen LogP contribution < -0.4 is 10.2 Å². The number of hydrogen-bond donors (Lipinski definition) is 1. The maximum atomic E-state index is 12.5. The van der Waals surface area contributed by atoms with Crippen molar-refractivity contribution in [2.75, 3.05) is 25.7 Å². The third-order valence-electron chi connectivity index (χ3n) is 3.34. The van der Waals surface area contributed by atoms with Crippen molar-refractivity contribution < 1.29 is 14.3 Å². The number of carbonyl (C=O) groups is 2. The van der Waals surface area contributed by atoms with Crippen molar-refractivity contribution in [1.82, 2.24) is 5.32 Å². The van der Waals surface area contributed by atoms with Crippen LogP contribution in [0.5, 0.6) is 0 Å². The largest absolute Gasteiger partial charge is 0.383 e. The molecule has 1 aromatic carbocycles. The van der Waals surface area contributed by atoms with E-state index in [9.17, 15) is 9.59 Å². The third kappa shape index (κ3) is 4.18. The van der Waals surface area contributed by atoms with Gasteiger partial charge in [-0.05, 0) is 30.5 Å². The Balaban J connectivity index is 2.23. The Labute approximate surface area is 139 Å². The molecule has 2 amide bonds. The van der Waals surface area contributed by atoms with Gasteiger partial charge in [0.1, 0.15) is 0 Å². The van der Waals surface area contributed by atoms with Gasteiger partial charge in [0.2, 0.25) is 0 Å². The summed E-state index contributed by atoms with van der Waals surface area (Å²) in [4.78, 5) is 27.1. The SMILES string of the molecule is COC[C@H](C)NC(=O)c1ccccc1N(C)C(=O)c1cccs1. The van der Waals surface area contributed by atoms with Crippen molar-refractivity contribution in [2.24, 2.45) is 0 Å². The molecule has 1 aromatic heterocycles. The maximum Gasteiger partial charge on any atom is 0.268 e. The third-order valence-corrected chi connectivity index (χ3v) is 4.20. The molecule has 1 heterocycles. The fourth-order valence-corrected chi connectivity index (χ4v) is 2.92. The standard InChI is InChI=1S/C17H20N2O3S/c1-12(11-22-3)18-16(20)13-7-4-5-8-14(13)19(2)17(21)15-9-6-10-23-15/h4-10,12H,11H2,1-3H3,(H,18,20)/t12-/m0/s1. The fourth-order valence-electron chi connectivity index (χ4n) is 2.23. The van der Waals surface area contributed by atoms with Crippen LogP contribution in [0.2, 0.25) is 0 Å². The smallest absolute Gasteiger partial charge is 0.268 e. The number of amides is 2. The van der Waals surface area contributed by atoms with Gasteiger partial charge in [0.25, 0.3) is 11.8 Å². The van der Waals surface area contributed by atoms with Crippen LogP contribution in [0.1, 0.15) is 27.0 Å². The van der Waals surface area contributed by atoms with Gasteiger partial charge in [0.15, 0.2) is 0 Å². The van der Waals surface area contributed by atoms with Gasteiger partial charge in [0, 0.05) is 20.2 Å². The lowest BCUT2D eigenvalue weighted by molar-refractivity contribution is 0.0906. The van der Waals surface area contributed by atoms with Gasteiger partial charge < -0.3 is 15.0 Å². The van der Waals surface area contributed by atoms with Gasteiger partial charge in [0.05, 0.1) is 22.7 Å². The molecule has 0 aliphatic heterocycles. The summed E-state index contributed by atoms with van der Waals surface area (Å²) < 4.78 is 5.03. The summed E-state index contributed by atoms with van der Waals surface area (Å²) in [6, 6.07) is 10.6. The Bertz CT molecular complexity index is 670. The average Bonchev–Trinajstić information content (AvgIpc) is 3.08. The minimum absolute atomic E-state index is 0.112. The van der Waals surface area contributed by atoms with Crippen LogP contribution in [-0.4, -0.2) is 38.6 Å². The highest BCUT2D eigenvalue weighted by atomic mass is 32.1. The predicted molar refractivity (Wildman–Crippen MR) is 92.3 cm³/mol. The van der Waals surface area contributed by atoms with E-state index in [1.54, 1.807) is 38.4 Å². The number of carbonyl (C=O) groups excluding carboxylic acids is 2. The first kappa shape index (κ1) is 17.2. The molecule has 0 spiro atoms. The van der Waals surface area contributed by atoms with Gasteiger partial charge >= 0.3 is 0 Å². The van der Waals surface area contributed by atoms with E-state index in [1.165, 1.54) is 16.2 Å². The zero-order valence-electron chi connectivity index (χ0n) is 13.4. The van der Waals surface area contributed by atoms with Crippen LogP contribution in [0, 0.1) is 0 Å². The molecule has 0 aliphatic carbocycles. The first-order valence-corrected chi connectivity index (χ1v) is 8.13. The summed E-state index contributed by atoms with van der Waals surface area (Å²) >= 11 is 1.38. The van der Waals surface area contributed by atoms with Gasteiger partial charge in [-0.25, -0.2) is 0 Å². The molecule has 0 unspecified atom stereocenters. The van der Waals surface area contributed by atoms with Crippen LogP contribution in [0.25, 0.3) is 0 Å². The first-order chi connectivity index (χ1) is 11.0. The van der Waals surface area contributed by atoms with Crippen LogP contribution in [-0.2, 0) is 4.74 Å². The zero-order valence-corrected chi connectivity index (χ0v) is 14.2. The van der Waals surface area contributed by atoms with E-state index in [-0.39, 0.29) is 17.9 Å². The predicted octanol–water partition coefficient (Wildman–Crippen LogP) is 2.79. The van der Waals surface area contributed by atoms with Crippen molar-refractivity contribution in [2.45, 2.75) is 13.0 Å². The molecule has 5 nitrogen and oxygen atoms in total. The molecule has 0 saturated heterocycles. The molecule has 1 N–H and O–H groups in total. The van der Waals surface area contributed by atoms with E-state index >= 15 is 0 Å². The van der Waals surface area contributed by atoms with Crippen LogP contribution in [0.15, 0.2) is 41.8 Å². The monoisotopic (exact) mass is 332 g/mol. The second-order valence-corrected chi connectivity index (χ2v) is 6.14. The van der Waals surface area contributed by atoms with Crippen molar-refractivity contribution in [3.8, 4) is 0 Å². The molecule has 0 radical (unpaired) electrons. The van der Waals surface area contributed by atoms with Gasteiger partial charge in [-0.15, -0.1) is 11.3 Å². The number of nitrogens with one attached hydrogen (secondary N) is 1. The molecule has 23 heavy (non-hydrogen) atoms. The molecule has 6 heteroatoms. The second kappa shape index (κ2) is 7.89. The van der Waals surface area contributed by atoms with Crippen molar-refractivity contribution >= 4 is 28.8 Å². The molecule has 1 atom stereocenters. The minimum Gasteiger partial charge on any atom is -0.383 e. The molecule has 0 bridgehead atoms. The zero-order chi connectivity index (χ0) is 16.8. The van der Waals surface area contributed by atoms with E-state index in [4.69, 9.17) is 4.74 Å². The lowest BCUT2D eigenvalue weighted by atomic mass is 10.1. The summed E-state index contributed by atoms with van der Waals surface area (Å²) in [6.07, 6.45) is 0. The Hall–Kier alpha value is -2.18. The van der Waals surface area contributed by atoms with E-state index < -0.39 is 0 Å². The number of methoxy groups -OCH3 is 1. The van der Waals surface area contributed by atoms with Crippen LogP contribution >= 0.6 is 11.3 Å². The van der Waals surface area contributed by atoms with E-state index in [2.05, 4.69) is 5.32 Å². The Kier molecular flexibility index (Phi) is 5.90. The fraction of sp³-hybridized carbons (Fsp3) is 0.294. The summed E-state index contributed by atoms with van der Waals surface area (Å²) in [5, 5.41) is 4.72. The summed E-state index contributed by atoms with van der Waals surface area (Å²) in [5.74, 6) is -0.360. The molecule has 0 aliphatic rings. The van der Waals surface area contributed by atoms with E-state index in [0.29, 0.717) is 22.7 Å². The molecular formula is C17H20N2O3S. The van der Waals surface area contributed by atoms with Gasteiger partial charge in [-0.3, -0.25) is 9.59 Å². The molecule has 0 fully saturated rings. The topological polar surface area (TPSA) is 58.6 Å². The molecule has 0 saturated carbocycles. The molecule has 2 aromatic rings. The van der Waals surface area contributed by atoms with Crippen molar-refractivity contribution in [3.05, 3.63) is 52.2 Å². The van der Waals surface area contributed by atoms with Gasteiger partial charge in [-0.2, -0.15) is 0 Å². The normalized spacial score (nSPS) is 11.8. The van der Waals surface area contributed by atoms with Crippen molar-refractivity contribution in [1.29, 1.82) is 0 Å². The van der Waals surface area contributed by atoms with Crippen molar-refractivity contribution in [3.63, 3.8) is 0 Å². The average molecular weight is 332 g/mol. The lowest BCUT2D eigenvalue weighted by Gasteiger charge is -2.21.